The van der Waals surface area contributed by atoms with Crippen LogP contribution in [0.1, 0.15) is 0 Å². The van der Waals surface area contributed by atoms with Gasteiger partial charge in [0.1, 0.15) is 5.75 Å². The number of methoxy groups -OCH3 is 1. The molecule has 6 heteroatoms. The molecule has 0 unspecified atom stereocenters. The molecule has 0 fully saturated rings. The van der Waals surface area contributed by atoms with Gasteiger partial charge in [0.15, 0.2) is 0 Å². The number of thioether (sulfide) groups is 1. The van der Waals surface area contributed by atoms with Gasteiger partial charge in [-0.2, -0.15) is 8.78 Å². The van der Waals surface area contributed by atoms with Crippen LogP contribution in [0.3, 0.4) is 0 Å². The standard InChI is InChI=1S/C14H14F2N2OS/c1-19-9-6-7-10(17)12(8-9)18-11-4-2-3-5-13(11)20-14(15)16/h2-8,14,18H,17H2,1H3. The van der Waals surface area contributed by atoms with E-state index in [4.69, 9.17) is 10.5 Å². The zero-order chi connectivity index (χ0) is 14.5. The van der Waals surface area contributed by atoms with Crippen molar-refractivity contribution in [1.82, 2.24) is 0 Å². The molecule has 3 N–H and O–H groups in total. The van der Waals surface area contributed by atoms with Crippen molar-refractivity contribution in [3.8, 4) is 5.75 Å². The molecule has 0 saturated heterocycles. The van der Waals surface area contributed by atoms with E-state index in [1.807, 2.05) is 0 Å². The third kappa shape index (κ3) is 3.54. The molecule has 0 bridgehead atoms. The molecule has 2 aromatic rings. The highest BCUT2D eigenvalue weighted by Crippen LogP contribution is 2.35. The second kappa shape index (κ2) is 6.47. The first-order valence-electron chi connectivity index (χ1n) is 5.84. The van der Waals surface area contributed by atoms with Gasteiger partial charge in [-0.15, -0.1) is 0 Å². The Hall–Kier alpha value is -1.95. The van der Waals surface area contributed by atoms with Gasteiger partial charge >= 0.3 is 0 Å². The lowest BCUT2D eigenvalue weighted by atomic mass is 10.2. The summed E-state index contributed by atoms with van der Waals surface area (Å²) < 4.78 is 30.2. The average molecular weight is 296 g/mol. The lowest BCUT2D eigenvalue weighted by molar-refractivity contribution is 0.252. The number of halogens is 2. The van der Waals surface area contributed by atoms with Crippen LogP contribution in [0.25, 0.3) is 0 Å². The fraction of sp³-hybridized carbons (Fsp3) is 0.143. The van der Waals surface area contributed by atoms with Crippen molar-refractivity contribution in [3.63, 3.8) is 0 Å². The Kier molecular flexibility index (Phi) is 4.68. The van der Waals surface area contributed by atoms with Gasteiger partial charge in [-0.1, -0.05) is 23.9 Å². The summed E-state index contributed by atoms with van der Waals surface area (Å²) in [4.78, 5) is 0.463. The summed E-state index contributed by atoms with van der Waals surface area (Å²) in [6.45, 7) is 0. The van der Waals surface area contributed by atoms with Gasteiger partial charge in [0.05, 0.1) is 24.2 Å². The van der Waals surface area contributed by atoms with Gasteiger partial charge < -0.3 is 15.8 Å². The van der Waals surface area contributed by atoms with Crippen LogP contribution in [0.4, 0.5) is 25.8 Å². The molecule has 0 radical (unpaired) electrons. The number of ether oxygens (including phenoxy) is 1. The third-order valence-corrected chi connectivity index (χ3v) is 3.42. The Morgan fingerprint density at radius 3 is 2.60 bits per heavy atom. The molecule has 0 amide bonds. The highest BCUT2D eigenvalue weighted by molar-refractivity contribution is 7.99. The molecule has 0 saturated carbocycles. The zero-order valence-electron chi connectivity index (χ0n) is 10.8. The fourth-order valence-corrected chi connectivity index (χ4v) is 2.28. The normalized spacial score (nSPS) is 10.6. The number of hydrogen-bond donors (Lipinski definition) is 2. The van der Waals surface area contributed by atoms with Gasteiger partial charge in [-0.25, -0.2) is 0 Å². The van der Waals surface area contributed by atoms with Crippen LogP contribution in [0.2, 0.25) is 0 Å². The maximum atomic E-state index is 12.5. The molecule has 2 rings (SSSR count). The smallest absolute Gasteiger partial charge is 0.288 e. The van der Waals surface area contributed by atoms with Crippen molar-refractivity contribution >= 4 is 28.8 Å². The predicted molar refractivity (Wildman–Crippen MR) is 79.0 cm³/mol. The van der Waals surface area contributed by atoms with Crippen LogP contribution >= 0.6 is 11.8 Å². The second-order valence-corrected chi connectivity index (χ2v) is 4.98. The number of anilines is 3. The molecular formula is C14H14F2N2OS. The number of nitrogens with one attached hydrogen (secondary N) is 1. The lowest BCUT2D eigenvalue weighted by Gasteiger charge is -2.14. The third-order valence-electron chi connectivity index (χ3n) is 2.63. The molecule has 0 aliphatic rings. The summed E-state index contributed by atoms with van der Waals surface area (Å²) >= 11 is 0.492. The molecule has 3 nitrogen and oxygen atoms in total. The van der Waals surface area contributed by atoms with Gasteiger partial charge in [0.2, 0.25) is 0 Å². The van der Waals surface area contributed by atoms with E-state index in [2.05, 4.69) is 5.32 Å². The largest absolute Gasteiger partial charge is 0.497 e. The van der Waals surface area contributed by atoms with E-state index in [-0.39, 0.29) is 0 Å². The predicted octanol–water partition coefficient (Wildman–Crippen LogP) is 4.34. The Bertz CT molecular complexity index is 593. The quantitative estimate of drug-likeness (QED) is 0.636. The van der Waals surface area contributed by atoms with Gasteiger partial charge in [0.25, 0.3) is 5.76 Å². The molecule has 0 aliphatic carbocycles. The van der Waals surface area contributed by atoms with Crippen LogP contribution in [0, 0.1) is 0 Å². The van der Waals surface area contributed by atoms with Crippen molar-refractivity contribution in [2.45, 2.75) is 10.7 Å². The summed E-state index contributed by atoms with van der Waals surface area (Å²) in [5.41, 5.74) is 7.59. The molecule has 0 spiro atoms. The molecule has 2 aromatic carbocycles. The molecule has 106 valence electrons. The van der Waals surface area contributed by atoms with Crippen molar-refractivity contribution in [1.29, 1.82) is 0 Å². The highest BCUT2D eigenvalue weighted by atomic mass is 32.2. The SMILES string of the molecule is COc1ccc(N)c(Nc2ccccc2SC(F)F)c1. The first kappa shape index (κ1) is 14.5. The fourth-order valence-electron chi connectivity index (χ4n) is 1.68. The maximum Gasteiger partial charge on any atom is 0.288 e. The zero-order valence-corrected chi connectivity index (χ0v) is 11.6. The van der Waals surface area contributed by atoms with Crippen LogP contribution < -0.4 is 15.8 Å². The topological polar surface area (TPSA) is 47.3 Å². The minimum atomic E-state index is -2.47. The van der Waals surface area contributed by atoms with E-state index in [1.54, 1.807) is 49.6 Å². The van der Waals surface area contributed by atoms with E-state index in [0.717, 1.165) is 0 Å². The van der Waals surface area contributed by atoms with E-state index in [0.29, 0.717) is 39.5 Å². The first-order chi connectivity index (χ1) is 9.60. The summed E-state index contributed by atoms with van der Waals surface area (Å²) in [5, 5.41) is 3.06. The number of rotatable bonds is 5. The van der Waals surface area contributed by atoms with E-state index >= 15 is 0 Å². The second-order valence-electron chi connectivity index (χ2n) is 3.95. The number of hydrogen-bond acceptors (Lipinski definition) is 4. The average Bonchev–Trinajstić information content (AvgIpc) is 2.43. The molecular weight excluding hydrogens is 282 g/mol. The Labute approximate surface area is 120 Å². The molecule has 20 heavy (non-hydrogen) atoms. The summed E-state index contributed by atoms with van der Waals surface area (Å²) in [7, 11) is 1.55. The van der Waals surface area contributed by atoms with Gasteiger partial charge in [-0.3, -0.25) is 0 Å². The number of alkyl halides is 2. The lowest BCUT2D eigenvalue weighted by Crippen LogP contribution is -1.98. The minimum Gasteiger partial charge on any atom is -0.497 e. The number of benzene rings is 2. The van der Waals surface area contributed by atoms with Crippen LogP contribution in [-0.2, 0) is 0 Å². The number of nitrogens with two attached hydrogens (primary N) is 1. The Morgan fingerprint density at radius 1 is 1.15 bits per heavy atom. The number of nitrogen functional groups attached to an aromatic ring is 1. The maximum absolute atomic E-state index is 12.5. The van der Waals surface area contributed by atoms with Crippen molar-refractivity contribution in [2.75, 3.05) is 18.2 Å². The van der Waals surface area contributed by atoms with Crippen molar-refractivity contribution in [3.05, 3.63) is 42.5 Å². The van der Waals surface area contributed by atoms with Gasteiger partial charge in [-0.05, 0) is 24.3 Å². The van der Waals surface area contributed by atoms with E-state index in [1.165, 1.54) is 0 Å². The summed E-state index contributed by atoms with van der Waals surface area (Å²) in [5.74, 6) is -1.83. The van der Waals surface area contributed by atoms with E-state index in [9.17, 15) is 8.78 Å². The molecule has 0 aromatic heterocycles. The van der Waals surface area contributed by atoms with Crippen LogP contribution in [-0.4, -0.2) is 12.9 Å². The first-order valence-corrected chi connectivity index (χ1v) is 6.72. The van der Waals surface area contributed by atoms with Crippen LogP contribution in [0.5, 0.6) is 5.75 Å². The molecule has 0 atom stereocenters. The molecule has 0 heterocycles. The Morgan fingerprint density at radius 2 is 1.90 bits per heavy atom. The monoisotopic (exact) mass is 296 g/mol. The summed E-state index contributed by atoms with van der Waals surface area (Å²) in [6.07, 6.45) is 0. The number of para-hydroxylation sites is 1. The summed E-state index contributed by atoms with van der Waals surface area (Å²) in [6, 6.07) is 12.0. The van der Waals surface area contributed by atoms with E-state index < -0.39 is 5.76 Å². The van der Waals surface area contributed by atoms with Gasteiger partial charge in [0, 0.05) is 11.0 Å². The van der Waals surface area contributed by atoms with Crippen LogP contribution in [0.15, 0.2) is 47.4 Å². The minimum absolute atomic E-state index is 0.463. The Balaban J connectivity index is 2.30. The van der Waals surface area contributed by atoms with Crippen molar-refractivity contribution in [2.24, 2.45) is 0 Å². The molecule has 0 aliphatic heterocycles. The highest BCUT2D eigenvalue weighted by Gasteiger charge is 2.11. The van der Waals surface area contributed by atoms with Crippen molar-refractivity contribution < 1.29 is 13.5 Å².